The molecule has 30 heavy (non-hydrogen) atoms. The topological polar surface area (TPSA) is 123 Å². The zero-order valence-electron chi connectivity index (χ0n) is 17.2. The van der Waals surface area contributed by atoms with Gasteiger partial charge >= 0.3 is 0 Å². The number of rotatable bonds is 12. The Labute approximate surface area is 176 Å². The van der Waals surface area contributed by atoms with Gasteiger partial charge in [0.2, 0.25) is 11.8 Å². The van der Waals surface area contributed by atoms with Gasteiger partial charge in [0.05, 0.1) is 6.61 Å². The zero-order chi connectivity index (χ0) is 21.3. The minimum Gasteiger partial charge on any atom is -0.382 e. The fraction of sp³-hybridized carbons (Fsp3) is 0.571. The van der Waals surface area contributed by atoms with Crippen molar-refractivity contribution in [3.63, 3.8) is 0 Å². The van der Waals surface area contributed by atoms with Crippen LogP contribution in [0.3, 0.4) is 0 Å². The largest absolute Gasteiger partial charge is 0.382 e. The highest BCUT2D eigenvalue weighted by molar-refractivity contribution is 6.06. The summed E-state index contributed by atoms with van der Waals surface area (Å²) in [6, 6.07) is 4.92. The number of fused-ring (bicyclic) bond motifs is 1. The Morgan fingerprint density at radius 1 is 1.10 bits per heavy atom. The lowest BCUT2D eigenvalue weighted by Crippen LogP contribution is -2.52. The van der Waals surface area contributed by atoms with Gasteiger partial charge in [-0.05, 0) is 37.9 Å². The van der Waals surface area contributed by atoms with Crippen LogP contribution < -0.4 is 16.4 Å². The molecule has 1 atom stereocenters. The van der Waals surface area contributed by atoms with Gasteiger partial charge in [0.25, 0.3) is 5.91 Å². The smallest absolute Gasteiger partial charge is 0.255 e. The minimum absolute atomic E-state index is 0.172. The molecule has 3 rings (SSSR count). The third kappa shape index (κ3) is 5.56. The Bertz CT molecular complexity index is 770. The molecule has 0 aliphatic carbocycles. The summed E-state index contributed by atoms with van der Waals surface area (Å²) in [5.41, 5.74) is 7.75. The number of nitrogens with one attached hydrogen (secondary N) is 2. The van der Waals surface area contributed by atoms with Crippen molar-refractivity contribution < 1.29 is 23.9 Å². The van der Waals surface area contributed by atoms with Gasteiger partial charge in [0.1, 0.15) is 6.04 Å². The van der Waals surface area contributed by atoms with Gasteiger partial charge in [0, 0.05) is 56.1 Å². The Hall–Kier alpha value is -2.49. The number of carbonyl (C=O) groups excluding carboxylic acids is 3. The lowest BCUT2D eigenvalue weighted by atomic mass is 10.0. The normalized spacial score (nSPS) is 18.5. The highest BCUT2D eigenvalue weighted by Crippen LogP contribution is 2.32. The highest BCUT2D eigenvalue weighted by Gasteiger charge is 2.39. The predicted octanol–water partition coefficient (Wildman–Crippen LogP) is 0.632. The number of carbonyl (C=O) groups is 3. The summed E-state index contributed by atoms with van der Waals surface area (Å²) in [5.74, 6) is -0.860. The molecule has 0 bridgehead atoms. The average Bonchev–Trinajstić information content (AvgIpc) is 3.07. The van der Waals surface area contributed by atoms with Crippen LogP contribution in [0.1, 0.15) is 41.6 Å². The van der Waals surface area contributed by atoms with Crippen LogP contribution in [0, 0.1) is 0 Å². The van der Waals surface area contributed by atoms with Crippen molar-refractivity contribution in [3.8, 4) is 0 Å². The van der Waals surface area contributed by atoms with Crippen LogP contribution in [0.5, 0.6) is 0 Å². The molecule has 9 nitrogen and oxygen atoms in total. The molecule has 1 fully saturated rings. The number of hydrogen-bond donors (Lipinski definition) is 3. The third-order valence-corrected chi connectivity index (χ3v) is 5.21. The molecule has 2 heterocycles. The molecule has 0 spiro atoms. The van der Waals surface area contributed by atoms with E-state index in [2.05, 4.69) is 10.6 Å². The van der Waals surface area contributed by atoms with E-state index in [4.69, 9.17) is 15.2 Å². The summed E-state index contributed by atoms with van der Waals surface area (Å²) in [6.45, 7) is 4.11. The molecule has 9 heteroatoms. The van der Waals surface area contributed by atoms with Crippen molar-refractivity contribution in [1.29, 1.82) is 0 Å². The molecule has 2 aliphatic rings. The van der Waals surface area contributed by atoms with Gasteiger partial charge in [-0.2, -0.15) is 0 Å². The van der Waals surface area contributed by atoms with E-state index in [9.17, 15) is 14.4 Å². The average molecular weight is 418 g/mol. The molecular formula is C21H30N4O5. The van der Waals surface area contributed by atoms with E-state index >= 15 is 0 Å². The number of hydrogen-bond acceptors (Lipinski definition) is 7. The fourth-order valence-corrected chi connectivity index (χ4v) is 3.66. The molecule has 2 aliphatic heterocycles. The predicted molar refractivity (Wildman–Crippen MR) is 111 cm³/mol. The number of anilines is 1. The Morgan fingerprint density at radius 2 is 1.87 bits per heavy atom. The van der Waals surface area contributed by atoms with Crippen LogP contribution in [0.4, 0.5) is 5.69 Å². The quantitative estimate of drug-likeness (QED) is 0.336. The molecule has 1 unspecified atom stereocenters. The van der Waals surface area contributed by atoms with Gasteiger partial charge < -0.3 is 25.4 Å². The van der Waals surface area contributed by atoms with Gasteiger partial charge in [-0.3, -0.25) is 19.7 Å². The first-order valence-corrected chi connectivity index (χ1v) is 10.5. The maximum atomic E-state index is 12.8. The number of ether oxygens (including phenoxy) is 2. The number of imide groups is 1. The van der Waals surface area contributed by atoms with Crippen LogP contribution >= 0.6 is 0 Å². The SMILES string of the molecule is NCCCOCCCOCCNc1cccc2c1CN(C1CCC(=O)NC1=O)C2=O. The summed E-state index contributed by atoms with van der Waals surface area (Å²) in [5, 5.41) is 5.64. The molecule has 0 radical (unpaired) electrons. The van der Waals surface area contributed by atoms with Crippen molar-refractivity contribution in [2.24, 2.45) is 5.73 Å². The summed E-state index contributed by atoms with van der Waals surface area (Å²) in [4.78, 5) is 37.9. The van der Waals surface area contributed by atoms with Gasteiger partial charge in [-0.25, -0.2) is 0 Å². The van der Waals surface area contributed by atoms with E-state index in [1.165, 1.54) is 0 Å². The number of piperidine rings is 1. The van der Waals surface area contributed by atoms with E-state index in [-0.39, 0.29) is 18.2 Å². The molecule has 164 valence electrons. The van der Waals surface area contributed by atoms with E-state index in [1.807, 2.05) is 12.1 Å². The highest BCUT2D eigenvalue weighted by atomic mass is 16.5. The van der Waals surface area contributed by atoms with Crippen LogP contribution in [0.2, 0.25) is 0 Å². The van der Waals surface area contributed by atoms with Gasteiger partial charge in [0.15, 0.2) is 0 Å². The van der Waals surface area contributed by atoms with Crippen molar-refractivity contribution in [3.05, 3.63) is 29.3 Å². The number of nitrogens with two attached hydrogens (primary N) is 1. The number of benzene rings is 1. The van der Waals surface area contributed by atoms with E-state index < -0.39 is 11.9 Å². The van der Waals surface area contributed by atoms with Crippen LogP contribution in [0.25, 0.3) is 0 Å². The van der Waals surface area contributed by atoms with Gasteiger partial charge in [-0.15, -0.1) is 0 Å². The molecule has 4 N–H and O–H groups in total. The summed E-state index contributed by atoms with van der Waals surface area (Å²) >= 11 is 0. The lowest BCUT2D eigenvalue weighted by molar-refractivity contribution is -0.136. The zero-order valence-corrected chi connectivity index (χ0v) is 17.2. The van der Waals surface area contributed by atoms with Crippen LogP contribution in [0.15, 0.2) is 18.2 Å². The van der Waals surface area contributed by atoms with Crippen LogP contribution in [-0.2, 0) is 25.6 Å². The second kappa shape index (κ2) is 11.1. The second-order valence-corrected chi connectivity index (χ2v) is 7.38. The number of nitrogens with zero attached hydrogens (tertiary/aromatic N) is 1. The van der Waals surface area contributed by atoms with Crippen molar-refractivity contribution >= 4 is 23.4 Å². The maximum absolute atomic E-state index is 12.8. The van der Waals surface area contributed by atoms with Crippen molar-refractivity contribution in [2.75, 3.05) is 44.8 Å². The molecule has 3 amide bonds. The molecular weight excluding hydrogens is 388 g/mol. The minimum atomic E-state index is -0.606. The van der Waals surface area contributed by atoms with Crippen LogP contribution in [-0.4, -0.2) is 68.2 Å². The molecule has 1 aromatic carbocycles. The first-order chi connectivity index (χ1) is 14.6. The first kappa shape index (κ1) is 22.2. The summed E-state index contributed by atoms with van der Waals surface area (Å²) < 4.78 is 11.0. The first-order valence-electron chi connectivity index (χ1n) is 10.5. The summed E-state index contributed by atoms with van der Waals surface area (Å²) in [6.07, 6.45) is 2.31. The maximum Gasteiger partial charge on any atom is 0.255 e. The standard InChI is InChI=1S/C21H30N4O5/c22-8-2-10-29-11-3-12-30-13-9-23-17-5-1-4-15-16(17)14-25(21(15)28)18-6-7-19(26)24-20(18)27/h1,4-5,18,23H,2-3,6-14,22H2,(H,24,26,27). The molecule has 1 aromatic rings. The Morgan fingerprint density at radius 3 is 2.63 bits per heavy atom. The van der Waals surface area contributed by atoms with Gasteiger partial charge in [-0.1, -0.05) is 6.07 Å². The second-order valence-electron chi connectivity index (χ2n) is 7.38. The Kier molecular flexibility index (Phi) is 8.18. The molecule has 0 aromatic heterocycles. The van der Waals surface area contributed by atoms with Crippen molar-refractivity contribution in [1.82, 2.24) is 10.2 Å². The lowest BCUT2D eigenvalue weighted by Gasteiger charge is -2.29. The van der Waals surface area contributed by atoms with E-state index in [1.54, 1.807) is 11.0 Å². The van der Waals surface area contributed by atoms with Crippen molar-refractivity contribution in [2.45, 2.75) is 38.3 Å². The Balaban J connectivity index is 1.45. The monoisotopic (exact) mass is 418 g/mol. The van der Waals surface area contributed by atoms with E-state index in [0.29, 0.717) is 58.0 Å². The summed E-state index contributed by atoms with van der Waals surface area (Å²) in [7, 11) is 0. The van der Waals surface area contributed by atoms with E-state index in [0.717, 1.165) is 24.1 Å². The number of amides is 3. The molecule has 0 saturated carbocycles. The molecule has 1 saturated heterocycles. The fourth-order valence-electron chi connectivity index (χ4n) is 3.66. The third-order valence-electron chi connectivity index (χ3n) is 5.21.